The van der Waals surface area contributed by atoms with Gasteiger partial charge in [0.25, 0.3) is 17.7 Å². The molecule has 4 N–H and O–H groups in total. The van der Waals surface area contributed by atoms with Gasteiger partial charge in [-0.3, -0.25) is 19.2 Å². The molecule has 3 atom stereocenters. The summed E-state index contributed by atoms with van der Waals surface area (Å²) in [6.45, 7) is 1.67. The molecule has 3 fully saturated rings. The van der Waals surface area contributed by atoms with E-state index in [-0.39, 0.29) is 23.9 Å². The van der Waals surface area contributed by atoms with E-state index < -0.39 is 5.91 Å². The fourth-order valence-corrected chi connectivity index (χ4v) is 5.73. The molecule has 0 spiro atoms. The van der Waals surface area contributed by atoms with Gasteiger partial charge < -0.3 is 21.3 Å². The second-order valence-corrected chi connectivity index (χ2v) is 10.6. The lowest BCUT2D eigenvalue weighted by atomic mass is 9.92. The van der Waals surface area contributed by atoms with E-state index in [9.17, 15) is 14.4 Å². The van der Waals surface area contributed by atoms with Crippen LogP contribution in [0.3, 0.4) is 0 Å². The number of carbonyl (C=O) groups is 3. The summed E-state index contributed by atoms with van der Waals surface area (Å²) in [6.07, 6.45) is 7.87. The molecule has 38 heavy (non-hydrogen) atoms. The minimum atomic E-state index is -0.507. The minimum Gasteiger partial charge on any atom is -0.384 e. The number of hydrogen-bond acceptors (Lipinski definition) is 7. The van der Waals surface area contributed by atoms with Crippen LogP contribution < -0.4 is 21.3 Å². The van der Waals surface area contributed by atoms with Gasteiger partial charge in [-0.15, -0.1) is 0 Å². The maximum atomic E-state index is 13.2. The normalized spacial score (nSPS) is 22.5. The fraction of sp³-hybridized carbons (Fsp3) is 0.500. The number of anilines is 2. The molecule has 3 unspecified atom stereocenters. The van der Waals surface area contributed by atoms with Gasteiger partial charge in [0.05, 0.1) is 18.2 Å². The number of rotatable bonds is 9. The van der Waals surface area contributed by atoms with Crippen LogP contribution in [0.1, 0.15) is 69.6 Å². The molecule has 0 bridgehead atoms. The van der Waals surface area contributed by atoms with Crippen molar-refractivity contribution >= 4 is 29.2 Å². The van der Waals surface area contributed by atoms with Crippen molar-refractivity contribution in [3.8, 4) is 0 Å². The van der Waals surface area contributed by atoms with Crippen molar-refractivity contribution < 1.29 is 19.2 Å². The average Bonchev–Trinajstić information content (AvgIpc) is 3.67. The quantitative estimate of drug-likeness (QED) is 0.434. The summed E-state index contributed by atoms with van der Waals surface area (Å²) in [4.78, 5) is 49.3. The highest BCUT2D eigenvalue weighted by atomic mass is 16.7. The third-order valence-corrected chi connectivity index (χ3v) is 8.04. The van der Waals surface area contributed by atoms with Gasteiger partial charge in [0, 0.05) is 49.7 Å². The predicted octanol–water partition coefficient (Wildman–Crippen LogP) is 2.81. The number of carbonyl (C=O) groups excluding carboxylic acids is 3. The molecule has 0 radical (unpaired) electrons. The highest BCUT2D eigenvalue weighted by Crippen LogP contribution is 2.39. The lowest BCUT2D eigenvalue weighted by molar-refractivity contribution is -0.0757. The molecule has 1 aromatic carbocycles. The molecule has 2 aromatic rings. The molecule has 2 heterocycles. The van der Waals surface area contributed by atoms with Crippen LogP contribution in [0.25, 0.3) is 0 Å². The highest BCUT2D eigenvalue weighted by Gasteiger charge is 2.41. The first-order valence-corrected chi connectivity index (χ1v) is 13.4. The number of nitrogens with zero attached hydrogens (tertiary/aromatic N) is 3. The molecule has 10 heteroatoms. The number of benzene rings is 1. The topological polar surface area (TPSA) is 130 Å². The van der Waals surface area contributed by atoms with E-state index >= 15 is 0 Å². The number of hydroxylamine groups is 2. The van der Waals surface area contributed by atoms with Crippen LogP contribution in [-0.2, 0) is 4.84 Å². The molecule has 1 saturated heterocycles. The first-order valence-electron chi connectivity index (χ1n) is 13.4. The van der Waals surface area contributed by atoms with Crippen molar-refractivity contribution in [1.29, 1.82) is 0 Å². The Morgan fingerprint density at radius 1 is 1.13 bits per heavy atom. The maximum Gasteiger partial charge on any atom is 0.278 e. The second kappa shape index (κ2) is 11.0. The van der Waals surface area contributed by atoms with Gasteiger partial charge in [-0.25, -0.2) is 10.0 Å². The molecule has 202 valence electrons. The number of amides is 3. The first kappa shape index (κ1) is 26.0. The van der Waals surface area contributed by atoms with Crippen LogP contribution in [0.4, 0.5) is 11.5 Å². The number of fused-ring (bicyclic) bond motifs is 1. The Kier molecular flexibility index (Phi) is 7.51. The summed E-state index contributed by atoms with van der Waals surface area (Å²) in [5, 5.41) is 7.70. The number of nitrogens with one attached hydrogen (secondary N) is 2. The summed E-state index contributed by atoms with van der Waals surface area (Å²) >= 11 is 0. The Morgan fingerprint density at radius 2 is 1.92 bits per heavy atom. The molecule has 5 rings (SSSR count). The Labute approximate surface area is 222 Å². The molecule has 1 aromatic heterocycles. The fourth-order valence-electron chi connectivity index (χ4n) is 5.73. The number of aromatic nitrogens is 1. The zero-order valence-corrected chi connectivity index (χ0v) is 22.0. The zero-order chi connectivity index (χ0) is 26.8. The van der Waals surface area contributed by atoms with Crippen LogP contribution >= 0.6 is 0 Å². The van der Waals surface area contributed by atoms with Crippen molar-refractivity contribution in [3.63, 3.8) is 0 Å². The standard InChI is InChI=1S/C28H36N6O4/c1-33(38-2)28(37)20-8-10-25(31-16-20)34-11-3-4-18-12-21(14-24(18)34)32-27(36)19-7-9-22(26(29)35)23(13-19)30-15-17-5-6-17/h7-10,13,16-18,21,24,30H,3-6,11-12,14-15H2,1-2H3,(H2,29,35)(H,32,36). The van der Waals surface area contributed by atoms with Crippen LogP contribution in [0.2, 0.25) is 0 Å². The molecule has 1 aliphatic heterocycles. The number of piperidine rings is 1. The van der Waals surface area contributed by atoms with Crippen molar-refractivity contribution in [2.45, 2.75) is 50.6 Å². The third-order valence-electron chi connectivity index (χ3n) is 8.04. The predicted molar refractivity (Wildman–Crippen MR) is 144 cm³/mol. The molecule has 3 aliphatic rings. The molecule has 3 amide bonds. The Balaban J connectivity index is 1.24. The molecule has 2 saturated carbocycles. The van der Waals surface area contributed by atoms with Crippen LogP contribution in [-0.4, -0.2) is 67.1 Å². The molecule has 10 nitrogen and oxygen atoms in total. The molecular weight excluding hydrogens is 484 g/mol. The van der Waals surface area contributed by atoms with Gasteiger partial charge in [0.15, 0.2) is 0 Å². The van der Waals surface area contributed by atoms with E-state index in [1.807, 2.05) is 6.07 Å². The van der Waals surface area contributed by atoms with Crippen molar-refractivity contribution in [2.24, 2.45) is 17.6 Å². The number of hydrogen-bond donors (Lipinski definition) is 3. The largest absolute Gasteiger partial charge is 0.384 e. The van der Waals surface area contributed by atoms with E-state index in [0.29, 0.717) is 34.2 Å². The maximum absolute atomic E-state index is 13.2. The van der Waals surface area contributed by atoms with Crippen LogP contribution in [0, 0.1) is 11.8 Å². The second-order valence-electron chi connectivity index (χ2n) is 10.6. The zero-order valence-electron chi connectivity index (χ0n) is 22.0. The van der Waals surface area contributed by atoms with Crippen LogP contribution in [0.5, 0.6) is 0 Å². The molecular formula is C28H36N6O4. The first-order chi connectivity index (χ1) is 18.3. The number of primary amides is 1. The van der Waals surface area contributed by atoms with Gasteiger partial charge >= 0.3 is 0 Å². The SMILES string of the molecule is CON(C)C(=O)c1ccc(N2CCCC3CC(NC(=O)c4ccc(C(N)=O)c(NCC5CC5)c4)CC32)nc1. The third kappa shape index (κ3) is 5.60. The van der Waals surface area contributed by atoms with Gasteiger partial charge in [0.1, 0.15) is 5.82 Å². The van der Waals surface area contributed by atoms with Crippen LogP contribution in [0.15, 0.2) is 36.5 Å². The molecule has 2 aliphatic carbocycles. The lowest BCUT2D eigenvalue weighted by Crippen LogP contribution is -2.43. The van der Waals surface area contributed by atoms with E-state index in [1.165, 1.54) is 25.0 Å². The van der Waals surface area contributed by atoms with Crippen molar-refractivity contribution in [2.75, 3.05) is 37.5 Å². The van der Waals surface area contributed by atoms with Crippen molar-refractivity contribution in [3.05, 3.63) is 53.2 Å². The van der Waals surface area contributed by atoms with Crippen molar-refractivity contribution in [1.82, 2.24) is 15.4 Å². The van der Waals surface area contributed by atoms with Gasteiger partial charge in [0.2, 0.25) is 0 Å². The van der Waals surface area contributed by atoms with Gasteiger partial charge in [-0.2, -0.15) is 0 Å². The van der Waals surface area contributed by atoms with E-state index in [1.54, 1.807) is 37.5 Å². The summed E-state index contributed by atoms with van der Waals surface area (Å²) < 4.78 is 0. The summed E-state index contributed by atoms with van der Waals surface area (Å²) in [5.41, 5.74) is 7.56. The van der Waals surface area contributed by atoms with E-state index in [2.05, 4.69) is 20.5 Å². The van der Waals surface area contributed by atoms with Gasteiger partial charge in [-0.05, 0) is 80.7 Å². The Bertz CT molecular complexity index is 1200. The number of pyridine rings is 1. The minimum absolute atomic E-state index is 0.0491. The monoisotopic (exact) mass is 520 g/mol. The van der Waals surface area contributed by atoms with E-state index in [4.69, 9.17) is 10.6 Å². The Hall–Kier alpha value is -3.66. The number of nitrogens with two attached hydrogens (primary N) is 1. The highest BCUT2D eigenvalue weighted by molar-refractivity contribution is 6.02. The summed E-state index contributed by atoms with van der Waals surface area (Å²) in [7, 11) is 3.01. The summed E-state index contributed by atoms with van der Waals surface area (Å²) in [6, 6.07) is 9.03. The average molecular weight is 521 g/mol. The van der Waals surface area contributed by atoms with Gasteiger partial charge in [-0.1, -0.05) is 0 Å². The lowest BCUT2D eigenvalue weighted by Gasteiger charge is -2.38. The Morgan fingerprint density at radius 3 is 2.61 bits per heavy atom. The smallest absolute Gasteiger partial charge is 0.278 e. The summed E-state index contributed by atoms with van der Waals surface area (Å²) in [5.74, 6) is 1.03. The van der Waals surface area contributed by atoms with E-state index in [0.717, 1.165) is 44.6 Å².